The van der Waals surface area contributed by atoms with Gasteiger partial charge in [0.2, 0.25) is 5.79 Å². The molecule has 0 spiro atoms. The second-order valence-corrected chi connectivity index (χ2v) is 12.4. The molecule has 9 heteroatoms. The predicted octanol–water partition coefficient (Wildman–Crippen LogP) is 5.23. The van der Waals surface area contributed by atoms with E-state index in [2.05, 4.69) is 34.5 Å². The first kappa shape index (κ1) is 29.4. The fourth-order valence-electron chi connectivity index (χ4n) is 4.93. The summed E-state index contributed by atoms with van der Waals surface area (Å²) in [6.07, 6.45) is 6.25. The number of epoxide rings is 1. The SMILES string of the molecule is CC1CCCC2OC2(O)C(O)C(C=CCc2csc(C=CI)n2)OC(=O)CCC(C)(C)C(=O)C(C)C1. The van der Waals surface area contributed by atoms with Crippen LogP contribution in [-0.4, -0.2) is 51.0 Å². The molecule has 6 unspecified atom stereocenters. The zero-order valence-electron chi connectivity index (χ0n) is 21.5. The van der Waals surface area contributed by atoms with Crippen LogP contribution in [-0.2, 0) is 25.5 Å². The molecular weight excluding hydrogens is 593 g/mol. The lowest BCUT2D eigenvalue weighted by Gasteiger charge is -2.28. The second kappa shape index (κ2) is 12.6. The van der Waals surface area contributed by atoms with Crippen molar-refractivity contribution in [3.63, 3.8) is 0 Å². The number of aliphatic hydroxyl groups is 2. The molecule has 200 valence electrons. The fraction of sp³-hybridized carbons (Fsp3) is 0.667. The van der Waals surface area contributed by atoms with Gasteiger partial charge in [0.15, 0.2) is 12.2 Å². The summed E-state index contributed by atoms with van der Waals surface area (Å²) in [6, 6.07) is 0. The maximum Gasteiger partial charge on any atom is 0.306 e. The Bertz CT molecular complexity index is 975. The van der Waals surface area contributed by atoms with Gasteiger partial charge in [0.1, 0.15) is 16.9 Å². The molecule has 0 aromatic carbocycles. The number of cyclic esters (lactones) is 1. The van der Waals surface area contributed by atoms with E-state index >= 15 is 0 Å². The minimum Gasteiger partial charge on any atom is -0.455 e. The Balaban J connectivity index is 1.75. The van der Waals surface area contributed by atoms with Crippen LogP contribution in [0.1, 0.15) is 76.9 Å². The van der Waals surface area contributed by atoms with E-state index in [9.17, 15) is 19.8 Å². The molecule has 3 rings (SSSR count). The summed E-state index contributed by atoms with van der Waals surface area (Å²) in [7, 11) is 0. The van der Waals surface area contributed by atoms with Crippen molar-refractivity contribution in [2.24, 2.45) is 17.3 Å². The Morgan fingerprint density at radius 1 is 1.28 bits per heavy atom. The summed E-state index contributed by atoms with van der Waals surface area (Å²) < 4.78 is 13.0. The second-order valence-electron chi connectivity index (χ2n) is 10.8. The van der Waals surface area contributed by atoms with Crippen molar-refractivity contribution < 1.29 is 29.3 Å². The molecule has 2 N–H and O–H groups in total. The van der Waals surface area contributed by atoms with Gasteiger partial charge in [0, 0.05) is 29.6 Å². The molecule has 0 bridgehead atoms. The van der Waals surface area contributed by atoms with Crippen LogP contribution in [0.15, 0.2) is 21.6 Å². The Labute approximate surface area is 231 Å². The number of ketones is 1. The molecule has 7 nitrogen and oxygen atoms in total. The lowest BCUT2D eigenvalue weighted by Crippen LogP contribution is -2.43. The summed E-state index contributed by atoms with van der Waals surface area (Å²) in [5.41, 5.74) is 0.203. The number of hydrogen-bond acceptors (Lipinski definition) is 8. The van der Waals surface area contributed by atoms with Crippen LogP contribution in [0.2, 0.25) is 0 Å². The summed E-state index contributed by atoms with van der Waals surface area (Å²) >= 11 is 3.67. The predicted molar refractivity (Wildman–Crippen MR) is 149 cm³/mol. The van der Waals surface area contributed by atoms with Crippen molar-refractivity contribution in [1.29, 1.82) is 0 Å². The van der Waals surface area contributed by atoms with Crippen LogP contribution in [0.5, 0.6) is 0 Å². The molecule has 0 amide bonds. The molecule has 0 aliphatic carbocycles. The lowest BCUT2D eigenvalue weighted by atomic mass is 9.75. The van der Waals surface area contributed by atoms with Crippen LogP contribution in [0.25, 0.3) is 6.08 Å². The van der Waals surface area contributed by atoms with Crippen molar-refractivity contribution in [2.45, 2.75) is 96.7 Å². The van der Waals surface area contributed by atoms with Gasteiger partial charge < -0.3 is 19.7 Å². The summed E-state index contributed by atoms with van der Waals surface area (Å²) in [5, 5.41) is 24.8. The molecule has 2 aliphatic heterocycles. The van der Waals surface area contributed by atoms with Gasteiger partial charge in [0.05, 0.1) is 5.69 Å². The number of halogens is 1. The molecule has 2 saturated heterocycles. The normalized spacial score (nSPS) is 34.6. The van der Waals surface area contributed by atoms with Gasteiger partial charge in [-0.15, -0.1) is 11.3 Å². The van der Waals surface area contributed by atoms with Gasteiger partial charge in [-0.1, -0.05) is 69.2 Å². The third kappa shape index (κ3) is 7.69. The van der Waals surface area contributed by atoms with Crippen LogP contribution in [0.3, 0.4) is 0 Å². The van der Waals surface area contributed by atoms with Crippen LogP contribution < -0.4 is 0 Å². The topological polar surface area (TPSA) is 109 Å². The summed E-state index contributed by atoms with van der Waals surface area (Å²) in [5.74, 6) is -1.85. The van der Waals surface area contributed by atoms with E-state index in [0.29, 0.717) is 25.2 Å². The average Bonchev–Trinajstić information content (AvgIpc) is 3.27. The number of nitrogens with zero attached hydrogens (tertiary/aromatic N) is 1. The zero-order chi connectivity index (χ0) is 26.5. The number of hydrogen-bond donors (Lipinski definition) is 2. The molecule has 2 aliphatic rings. The van der Waals surface area contributed by atoms with Crippen LogP contribution in [0.4, 0.5) is 0 Å². The Morgan fingerprint density at radius 2 is 2.03 bits per heavy atom. The zero-order valence-corrected chi connectivity index (χ0v) is 24.5. The maximum absolute atomic E-state index is 13.1. The smallest absolute Gasteiger partial charge is 0.306 e. The maximum atomic E-state index is 13.1. The number of carbonyl (C=O) groups is 2. The number of allylic oxidation sites excluding steroid dienone is 1. The molecule has 0 saturated carbocycles. The van der Waals surface area contributed by atoms with E-state index < -0.39 is 35.5 Å². The van der Waals surface area contributed by atoms with Crippen molar-refractivity contribution >= 4 is 51.8 Å². The Kier molecular flexibility index (Phi) is 10.3. The summed E-state index contributed by atoms with van der Waals surface area (Å²) in [6.45, 7) is 7.85. The standard InChI is InChI=1S/C27H38INO6S/c1-17-7-5-10-21-27(33,35-21)25(32)20(9-6-8-19-16-36-22(29-19)12-14-28)34-23(30)11-13-26(3,4)24(31)18(2)15-17/h6,9,12,14,16-18,20-21,25,32-33H,5,7-8,10-11,13,15H2,1-4H3. The number of aliphatic hydroxyl groups excluding tert-OH is 1. The highest BCUT2D eigenvalue weighted by atomic mass is 127. The van der Waals surface area contributed by atoms with Crippen molar-refractivity contribution in [3.05, 3.63) is 32.3 Å². The van der Waals surface area contributed by atoms with Gasteiger partial charge in [-0.25, -0.2) is 4.98 Å². The molecular formula is C27H38INO6S. The van der Waals surface area contributed by atoms with Crippen molar-refractivity contribution in [2.75, 3.05) is 0 Å². The molecule has 0 radical (unpaired) electrons. The number of carbonyl (C=O) groups excluding carboxylic acids is 2. The minimum atomic E-state index is -1.74. The number of aromatic nitrogens is 1. The molecule has 36 heavy (non-hydrogen) atoms. The highest BCUT2D eigenvalue weighted by Crippen LogP contribution is 2.43. The Morgan fingerprint density at radius 3 is 2.75 bits per heavy atom. The van der Waals surface area contributed by atoms with Gasteiger partial charge >= 0.3 is 5.97 Å². The molecule has 1 aromatic heterocycles. The average molecular weight is 632 g/mol. The fourth-order valence-corrected chi connectivity index (χ4v) is 6.24. The quantitative estimate of drug-likeness (QED) is 0.203. The number of ether oxygens (including phenoxy) is 2. The van der Waals surface area contributed by atoms with Crippen LogP contribution in [0, 0.1) is 17.3 Å². The van der Waals surface area contributed by atoms with E-state index in [1.165, 1.54) is 11.3 Å². The van der Waals surface area contributed by atoms with Crippen molar-refractivity contribution in [3.8, 4) is 0 Å². The van der Waals surface area contributed by atoms with E-state index in [1.54, 1.807) is 12.2 Å². The monoisotopic (exact) mass is 631 g/mol. The largest absolute Gasteiger partial charge is 0.455 e. The van der Waals surface area contributed by atoms with Gasteiger partial charge in [-0.3, -0.25) is 9.59 Å². The first-order valence-corrected chi connectivity index (χ1v) is 14.8. The summed E-state index contributed by atoms with van der Waals surface area (Å²) in [4.78, 5) is 30.4. The number of rotatable bonds is 4. The van der Waals surface area contributed by atoms with Crippen LogP contribution >= 0.6 is 33.9 Å². The number of thiazole rings is 1. The van der Waals surface area contributed by atoms with E-state index in [1.807, 2.05) is 36.3 Å². The van der Waals surface area contributed by atoms with Gasteiger partial charge in [-0.05, 0) is 41.4 Å². The number of esters is 1. The third-order valence-corrected chi connectivity index (χ3v) is 8.37. The minimum absolute atomic E-state index is 0.0405. The van der Waals surface area contributed by atoms with E-state index in [4.69, 9.17) is 9.47 Å². The van der Waals surface area contributed by atoms with E-state index in [0.717, 1.165) is 30.0 Å². The highest BCUT2D eigenvalue weighted by Gasteiger charge is 2.62. The molecule has 2 fully saturated rings. The third-order valence-electron chi connectivity index (χ3n) is 7.15. The molecule has 6 atom stereocenters. The molecule has 1 aromatic rings. The molecule has 3 heterocycles. The van der Waals surface area contributed by atoms with Gasteiger partial charge in [0.25, 0.3) is 0 Å². The van der Waals surface area contributed by atoms with Crippen molar-refractivity contribution in [1.82, 2.24) is 4.98 Å². The van der Waals surface area contributed by atoms with E-state index in [-0.39, 0.29) is 18.1 Å². The first-order valence-electron chi connectivity index (χ1n) is 12.7. The lowest BCUT2D eigenvalue weighted by molar-refractivity contribution is -0.163. The first-order chi connectivity index (χ1) is 17.0. The Hall–Kier alpha value is -1.14. The van der Waals surface area contributed by atoms with Gasteiger partial charge in [-0.2, -0.15) is 0 Å². The number of Topliss-reactive ketones (excluding diaryl/α,β-unsaturated/α-hetero) is 1. The highest BCUT2D eigenvalue weighted by molar-refractivity contribution is 14.1. The number of fused-ring (bicyclic) bond motifs is 1.